The molecule has 0 radical (unpaired) electrons. The lowest BCUT2D eigenvalue weighted by molar-refractivity contribution is 0.580. The Morgan fingerprint density at radius 3 is 2.81 bits per heavy atom. The fourth-order valence-corrected chi connectivity index (χ4v) is 3.39. The van der Waals surface area contributed by atoms with Crippen molar-refractivity contribution in [1.29, 1.82) is 0 Å². The lowest BCUT2D eigenvalue weighted by Gasteiger charge is -2.13. The number of aromatic nitrogens is 2. The van der Waals surface area contributed by atoms with E-state index in [4.69, 9.17) is 5.73 Å². The minimum Gasteiger partial charge on any atom is -0.330 e. The number of sulfonamides is 1. The molecule has 6 nitrogen and oxygen atoms in total. The third-order valence-electron chi connectivity index (χ3n) is 3.04. The Kier molecular flexibility index (Phi) is 5.11. The maximum Gasteiger partial charge on any atom is 0.242 e. The monoisotopic (exact) mass is 308 g/mol. The van der Waals surface area contributed by atoms with Crippen molar-refractivity contribution in [3.05, 3.63) is 42.5 Å². The van der Waals surface area contributed by atoms with Crippen LogP contribution in [0.25, 0.3) is 5.69 Å². The second-order valence-electron chi connectivity index (χ2n) is 4.62. The van der Waals surface area contributed by atoms with Crippen LogP contribution in [-0.4, -0.2) is 31.1 Å². The van der Waals surface area contributed by atoms with Crippen LogP contribution in [-0.2, 0) is 16.4 Å². The first-order valence-corrected chi connectivity index (χ1v) is 8.40. The average molecular weight is 308 g/mol. The lowest BCUT2D eigenvalue weighted by Crippen LogP contribution is -2.25. The van der Waals surface area contributed by atoms with Crippen LogP contribution in [0, 0.1) is 0 Å². The van der Waals surface area contributed by atoms with Crippen LogP contribution < -0.4 is 10.5 Å². The van der Waals surface area contributed by atoms with Crippen molar-refractivity contribution in [2.24, 2.45) is 5.73 Å². The molecule has 0 aliphatic carbocycles. The van der Waals surface area contributed by atoms with Gasteiger partial charge in [-0.05, 0) is 25.1 Å². The number of hydrogen-bond acceptors (Lipinski definition) is 4. The highest BCUT2D eigenvalue weighted by atomic mass is 32.2. The predicted octanol–water partition coefficient (Wildman–Crippen LogP) is 1.06. The van der Waals surface area contributed by atoms with Gasteiger partial charge in [0.25, 0.3) is 0 Å². The molecule has 0 amide bonds. The highest BCUT2D eigenvalue weighted by Crippen LogP contribution is 2.21. The number of imidazole rings is 1. The highest BCUT2D eigenvalue weighted by Gasteiger charge is 2.19. The Bertz CT molecular complexity index is 695. The second-order valence-corrected chi connectivity index (χ2v) is 6.35. The van der Waals surface area contributed by atoms with Gasteiger partial charge in [-0.2, -0.15) is 0 Å². The molecule has 0 aliphatic rings. The maximum absolute atomic E-state index is 12.4. The molecule has 2 aromatic rings. The molecule has 0 spiro atoms. The summed E-state index contributed by atoms with van der Waals surface area (Å²) >= 11 is 0. The van der Waals surface area contributed by atoms with Crippen molar-refractivity contribution >= 4 is 10.0 Å². The fourth-order valence-electron chi connectivity index (χ4n) is 2.07. The van der Waals surface area contributed by atoms with Gasteiger partial charge in [0.15, 0.2) is 0 Å². The molecular weight excluding hydrogens is 288 g/mol. The zero-order valence-corrected chi connectivity index (χ0v) is 12.8. The van der Waals surface area contributed by atoms with E-state index in [1.54, 1.807) is 41.2 Å². The first kappa shape index (κ1) is 15.7. The van der Waals surface area contributed by atoms with Gasteiger partial charge in [-0.3, -0.25) is 0 Å². The predicted molar refractivity (Wildman–Crippen MR) is 81.8 cm³/mol. The van der Waals surface area contributed by atoms with E-state index in [1.165, 1.54) is 0 Å². The van der Waals surface area contributed by atoms with E-state index in [1.807, 2.05) is 6.92 Å². The summed E-state index contributed by atoms with van der Waals surface area (Å²) in [6.07, 6.45) is 4.72. The molecule has 0 bridgehead atoms. The van der Waals surface area contributed by atoms with E-state index >= 15 is 0 Å². The number of hydrogen-bond donors (Lipinski definition) is 2. The van der Waals surface area contributed by atoms with E-state index < -0.39 is 10.0 Å². The molecule has 0 atom stereocenters. The smallest absolute Gasteiger partial charge is 0.242 e. The molecule has 1 heterocycles. The summed E-state index contributed by atoms with van der Waals surface area (Å²) in [4.78, 5) is 4.48. The average Bonchev–Trinajstić information content (AvgIpc) is 2.94. The number of nitrogens with zero attached hydrogens (tertiary/aromatic N) is 2. The van der Waals surface area contributed by atoms with Crippen molar-refractivity contribution in [1.82, 2.24) is 14.3 Å². The Morgan fingerprint density at radius 1 is 1.33 bits per heavy atom. The van der Waals surface area contributed by atoms with Crippen LogP contribution in [0.2, 0.25) is 0 Å². The molecule has 0 unspecified atom stereocenters. The topological polar surface area (TPSA) is 90.0 Å². The quantitative estimate of drug-likeness (QED) is 0.800. The Balaban J connectivity index is 2.48. The summed E-state index contributed by atoms with van der Waals surface area (Å²) in [5.74, 6) is 0.746. The molecule has 0 saturated heterocycles. The van der Waals surface area contributed by atoms with Crippen molar-refractivity contribution in [3.63, 3.8) is 0 Å². The maximum atomic E-state index is 12.4. The Labute approximate surface area is 125 Å². The van der Waals surface area contributed by atoms with Crippen molar-refractivity contribution in [3.8, 4) is 5.69 Å². The zero-order chi connectivity index (χ0) is 15.3. The molecule has 2 rings (SSSR count). The largest absolute Gasteiger partial charge is 0.330 e. The summed E-state index contributed by atoms with van der Waals surface area (Å²) in [7, 11) is -3.54. The molecule has 3 N–H and O–H groups in total. The normalized spacial score (nSPS) is 11.7. The van der Waals surface area contributed by atoms with Crippen LogP contribution in [0.1, 0.15) is 19.2 Å². The van der Waals surface area contributed by atoms with Crippen LogP contribution in [0.5, 0.6) is 0 Å². The van der Waals surface area contributed by atoms with Gasteiger partial charge >= 0.3 is 0 Å². The first-order valence-electron chi connectivity index (χ1n) is 6.91. The van der Waals surface area contributed by atoms with Gasteiger partial charge < -0.3 is 10.3 Å². The van der Waals surface area contributed by atoms with Crippen molar-refractivity contribution in [2.45, 2.75) is 24.7 Å². The molecule has 1 aromatic carbocycles. The van der Waals surface area contributed by atoms with Crippen molar-refractivity contribution in [2.75, 3.05) is 13.1 Å². The molecule has 21 heavy (non-hydrogen) atoms. The molecule has 114 valence electrons. The summed E-state index contributed by atoms with van der Waals surface area (Å²) in [6.45, 7) is 2.79. The molecule has 7 heteroatoms. The number of nitrogens with one attached hydrogen (secondary N) is 1. The molecular formula is C14H20N4O2S. The third kappa shape index (κ3) is 3.49. The summed E-state index contributed by atoms with van der Waals surface area (Å²) in [5.41, 5.74) is 6.16. The van der Waals surface area contributed by atoms with Gasteiger partial charge in [0, 0.05) is 25.4 Å². The SMILES string of the molecule is CCCNS(=O)(=O)c1ccccc1-n1ccnc1CCN. The first-order chi connectivity index (χ1) is 10.1. The van der Waals surface area contributed by atoms with Crippen LogP contribution in [0.4, 0.5) is 0 Å². The number of nitrogens with two attached hydrogens (primary N) is 1. The molecule has 0 saturated carbocycles. The highest BCUT2D eigenvalue weighted by molar-refractivity contribution is 7.89. The fraction of sp³-hybridized carbons (Fsp3) is 0.357. The molecule has 1 aromatic heterocycles. The summed E-state index contributed by atoms with van der Waals surface area (Å²) < 4.78 is 29.2. The third-order valence-corrected chi connectivity index (χ3v) is 4.55. The number of para-hydroxylation sites is 1. The Hall–Kier alpha value is -1.70. The van der Waals surface area contributed by atoms with E-state index in [2.05, 4.69) is 9.71 Å². The van der Waals surface area contributed by atoms with Crippen molar-refractivity contribution < 1.29 is 8.42 Å². The number of benzene rings is 1. The van der Waals surface area contributed by atoms with Gasteiger partial charge in [0.2, 0.25) is 10.0 Å². The summed E-state index contributed by atoms with van der Waals surface area (Å²) in [6, 6.07) is 6.88. The Morgan fingerprint density at radius 2 is 2.10 bits per heavy atom. The van der Waals surface area contributed by atoms with Gasteiger partial charge in [0.1, 0.15) is 10.7 Å². The standard InChI is InChI=1S/C14H20N4O2S/c1-2-9-17-21(19,20)13-6-4-3-5-12(13)18-11-10-16-14(18)7-8-15/h3-6,10-11,17H,2,7-9,15H2,1H3. The van der Waals surface area contributed by atoms with Gasteiger partial charge in [0.05, 0.1) is 5.69 Å². The molecule has 0 aliphatic heterocycles. The second kappa shape index (κ2) is 6.84. The van der Waals surface area contributed by atoms with Gasteiger partial charge in [-0.1, -0.05) is 19.1 Å². The lowest BCUT2D eigenvalue weighted by atomic mass is 10.3. The van der Waals surface area contributed by atoms with Crippen LogP contribution >= 0.6 is 0 Å². The zero-order valence-electron chi connectivity index (χ0n) is 12.0. The minimum absolute atomic E-state index is 0.245. The summed E-state index contributed by atoms with van der Waals surface area (Å²) in [5, 5.41) is 0. The van der Waals surface area contributed by atoms with Crippen LogP contribution in [0.3, 0.4) is 0 Å². The molecule has 0 fully saturated rings. The van der Waals surface area contributed by atoms with Gasteiger partial charge in [-0.25, -0.2) is 18.1 Å². The minimum atomic E-state index is -3.54. The van der Waals surface area contributed by atoms with E-state index in [0.717, 1.165) is 12.2 Å². The van der Waals surface area contributed by atoms with E-state index in [-0.39, 0.29) is 4.90 Å². The van der Waals surface area contributed by atoms with E-state index in [0.29, 0.717) is 25.2 Å². The van der Waals surface area contributed by atoms with Gasteiger partial charge in [-0.15, -0.1) is 0 Å². The van der Waals surface area contributed by atoms with E-state index in [9.17, 15) is 8.42 Å². The number of rotatable bonds is 7. The van der Waals surface area contributed by atoms with Crippen LogP contribution in [0.15, 0.2) is 41.6 Å².